The van der Waals surface area contributed by atoms with Crippen molar-refractivity contribution in [2.24, 2.45) is 17.6 Å². The monoisotopic (exact) mass is 462 g/mol. The minimum Gasteiger partial charge on any atom is -0.481 e. The first-order chi connectivity index (χ1) is 14.3. The number of carbonyl (C=O) groups is 5. The lowest BCUT2D eigenvalue weighted by atomic mass is 10.0. The molecule has 0 aliphatic carbocycles. The van der Waals surface area contributed by atoms with E-state index >= 15 is 0 Å². The molecule has 0 saturated carbocycles. The SMILES string of the molecule is CC(C)CC(N)C(=O)NC(CS)C(=O)NC(C(=O)NC(CCC(=O)O)C(=O)O)C(C)C. The lowest BCUT2D eigenvalue weighted by molar-refractivity contribution is -0.143. The first-order valence-corrected chi connectivity index (χ1v) is 10.6. The third kappa shape index (κ3) is 11.0. The third-order valence-electron chi connectivity index (χ3n) is 4.39. The smallest absolute Gasteiger partial charge is 0.326 e. The molecule has 3 amide bonds. The lowest BCUT2D eigenvalue weighted by Crippen LogP contribution is -2.59. The zero-order valence-electron chi connectivity index (χ0n) is 18.3. The Kier molecular flexibility index (Phi) is 12.8. The second-order valence-electron chi connectivity index (χ2n) is 8.04. The van der Waals surface area contributed by atoms with Crippen molar-refractivity contribution in [2.75, 3.05) is 5.75 Å². The van der Waals surface area contributed by atoms with Gasteiger partial charge in [-0.1, -0.05) is 27.7 Å². The molecule has 0 fully saturated rings. The molecule has 12 heteroatoms. The fourth-order valence-corrected chi connectivity index (χ4v) is 2.92. The summed E-state index contributed by atoms with van der Waals surface area (Å²) < 4.78 is 0. The van der Waals surface area contributed by atoms with E-state index in [4.69, 9.17) is 10.8 Å². The molecule has 31 heavy (non-hydrogen) atoms. The number of nitrogens with one attached hydrogen (secondary N) is 3. The van der Waals surface area contributed by atoms with Crippen molar-refractivity contribution in [3.8, 4) is 0 Å². The van der Waals surface area contributed by atoms with Crippen LogP contribution in [0, 0.1) is 11.8 Å². The van der Waals surface area contributed by atoms with Gasteiger partial charge in [-0.2, -0.15) is 12.6 Å². The van der Waals surface area contributed by atoms with Gasteiger partial charge >= 0.3 is 11.9 Å². The Morgan fingerprint density at radius 1 is 0.871 bits per heavy atom. The maximum absolute atomic E-state index is 12.6. The maximum atomic E-state index is 12.6. The summed E-state index contributed by atoms with van der Waals surface area (Å²) >= 11 is 4.07. The Hall–Kier alpha value is -2.34. The third-order valence-corrected chi connectivity index (χ3v) is 4.75. The van der Waals surface area contributed by atoms with Crippen molar-refractivity contribution in [1.29, 1.82) is 0 Å². The van der Waals surface area contributed by atoms with Crippen molar-refractivity contribution >= 4 is 42.3 Å². The molecule has 0 saturated heterocycles. The van der Waals surface area contributed by atoms with E-state index in [1.54, 1.807) is 13.8 Å². The highest BCUT2D eigenvalue weighted by Crippen LogP contribution is 2.07. The van der Waals surface area contributed by atoms with Crippen LogP contribution >= 0.6 is 12.6 Å². The van der Waals surface area contributed by atoms with Crippen LogP contribution in [0.15, 0.2) is 0 Å². The molecule has 0 bridgehead atoms. The van der Waals surface area contributed by atoms with Crippen LogP contribution in [0.25, 0.3) is 0 Å². The van der Waals surface area contributed by atoms with Crippen LogP contribution in [0.4, 0.5) is 0 Å². The van der Waals surface area contributed by atoms with Gasteiger partial charge in [-0.15, -0.1) is 0 Å². The molecule has 4 atom stereocenters. The summed E-state index contributed by atoms with van der Waals surface area (Å²) in [6.07, 6.45) is -0.324. The summed E-state index contributed by atoms with van der Waals surface area (Å²) in [5, 5.41) is 25.2. The highest BCUT2D eigenvalue weighted by molar-refractivity contribution is 7.80. The molecule has 0 heterocycles. The Labute approximate surface area is 187 Å². The Balaban J connectivity index is 5.17. The summed E-state index contributed by atoms with van der Waals surface area (Å²) in [5.41, 5.74) is 5.82. The van der Waals surface area contributed by atoms with E-state index in [-0.39, 0.29) is 18.1 Å². The summed E-state index contributed by atoms with van der Waals surface area (Å²) in [6, 6.07) is -4.38. The van der Waals surface area contributed by atoms with E-state index < -0.39 is 66.2 Å². The summed E-state index contributed by atoms with van der Waals surface area (Å²) in [7, 11) is 0. The molecule has 0 radical (unpaired) electrons. The zero-order valence-corrected chi connectivity index (χ0v) is 19.1. The molecule has 11 nitrogen and oxygen atoms in total. The fraction of sp³-hybridized carbons (Fsp3) is 0.737. The number of amides is 3. The number of carboxylic acid groups (broad SMARTS) is 2. The Morgan fingerprint density at radius 2 is 1.42 bits per heavy atom. The van der Waals surface area contributed by atoms with Crippen LogP contribution < -0.4 is 21.7 Å². The predicted molar refractivity (Wildman–Crippen MR) is 116 cm³/mol. The van der Waals surface area contributed by atoms with Crippen LogP contribution in [0.5, 0.6) is 0 Å². The number of carboxylic acids is 2. The van der Waals surface area contributed by atoms with Crippen molar-refractivity contribution in [2.45, 2.75) is 71.1 Å². The first kappa shape index (κ1) is 28.7. The first-order valence-electron chi connectivity index (χ1n) is 10.0. The molecule has 178 valence electrons. The van der Waals surface area contributed by atoms with Crippen LogP contribution in [0.3, 0.4) is 0 Å². The molecular formula is C19H34N4O7S. The topological polar surface area (TPSA) is 188 Å². The largest absolute Gasteiger partial charge is 0.481 e. The molecule has 0 aromatic carbocycles. The summed E-state index contributed by atoms with van der Waals surface area (Å²) in [6.45, 7) is 7.10. The van der Waals surface area contributed by atoms with E-state index in [1.807, 2.05) is 13.8 Å². The molecular weight excluding hydrogens is 428 g/mol. The second kappa shape index (κ2) is 13.9. The number of carbonyl (C=O) groups excluding carboxylic acids is 3. The molecule has 0 aromatic heterocycles. The average molecular weight is 463 g/mol. The second-order valence-corrected chi connectivity index (χ2v) is 8.41. The Bertz CT molecular complexity index is 657. The van der Waals surface area contributed by atoms with Crippen LogP contribution in [0.1, 0.15) is 47.0 Å². The van der Waals surface area contributed by atoms with E-state index in [1.165, 1.54) is 0 Å². The molecule has 0 aliphatic rings. The van der Waals surface area contributed by atoms with Crippen LogP contribution in [-0.2, 0) is 24.0 Å². The highest BCUT2D eigenvalue weighted by Gasteiger charge is 2.31. The van der Waals surface area contributed by atoms with Gasteiger partial charge in [0, 0.05) is 12.2 Å². The standard InChI is InChI=1S/C19H34N4O7S/c1-9(2)7-11(20)16(26)22-13(8-31)17(27)23-15(10(3)4)18(28)21-12(19(29)30)5-6-14(24)25/h9-13,15,31H,5-8,20H2,1-4H3,(H,21,28)(H,22,26)(H,23,27)(H,24,25)(H,29,30). The van der Waals surface area contributed by atoms with Gasteiger partial charge in [-0.05, 0) is 24.7 Å². The molecule has 7 N–H and O–H groups in total. The molecule has 4 unspecified atom stereocenters. The van der Waals surface area contributed by atoms with Gasteiger partial charge in [0.2, 0.25) is 17.7 Å². The highest BCUT2D eigenvalue weighted by atomic mass is 32.1. The lowest BCUT2D eigenvalue weighted by Gasteiger charge is -2.26. The quantitative estimate of drug-likeness (QED) is 0.166. The average Bonchev–Trinajstić information content (AvgIpc) is 2.65. The number of hydrogen-bond acceptors (Lipinski definition) is 7. The molecule has 0 aromatic rings. The van der Waals surface area contributed by atoms with Gasteiger partial charge in [-0.3, -0.25) is 19.2 Å². The van der Waals surface area contributed by atoms with E-state index in [9.17, 15) is 29.1 Å². The van der Waals surface area contributed by atoms with Crippen molar-refractivity contribution in [3.63, 3.8) is 0 Å². The van der Waals surface area contributed by atoms with Gasteiger partial charge in [0.1, 0.15) is 18.1 Å². The number of rotatable bonds is 14. The molecule has 0 rings (SSSR count). The number of hydrogen-bond donors (Lipinski definition) is 7. The van der Waals surface area contributed by atoms with E-state index in [0.29, 0.717) is 6.42 Å². The van der Waals surface area contributed by atoms with Crippen LogP contribution in [0.2, 0.25) is 0 Å². The van der Waals surface area contributed by atoms with E-state index in [0.717, 1.165) is 0 Å². The van der Waals surface area contributed by atoms with Crippen molar-refractivity contribution in [3.05, 3.63) is 0 Å². The van der Waals surface area contributed by atoms with E-state index in [2.05, 4.69) is 28.6 Å². The van der Waals surface area contributed by atoms with Crippen LogP contribution in [-0.4, -0.2) is 69.8 Å². The minimum absolute atomic E-state index is 0.0469. The summed E-state index contributed by atoms with van der Waals surface area (Å²) in [4.78, 5) is 59.4. The number of thiol groups is 1. The van der Waals surface area contributed by atoms with Gasteiger partial charge in [-0.25, -0.2) is 4.79 Å². The molecule has 0 spiro atoms. The van der Waals surface area contributed by atoms with Gasteiger partial charge < -0.3 is 31.9 Å². The van der Waals surface area contributed by atoms with Gasteiger partial charge in [0.25, 0.3) is 0 Å². The van der Waals surface area contributed by atoms with Gasteiger partial charge in [0.15, 0.2) is 0 Å². The van der Waals surface area contributed by atoms with Gasteiger partial charge in [0.05, 0.1) is 6.04 Å². The number of nitrogens with two attached hydrogens (primary N) is 1. The Morgan fingerprint density at radius 3 is 1.84 bits per heavy atom. The minimum atomic E-state index is -1.42. The fourth-order valence-electron chi connectivity index (χ4n) is 2.66. The zero-order chi connectivity index (χ0) is 24.3. The maximum Gasteiger partial charge on any atom is 0.326 e. The normalized spacial score (nSPS) is 15.0. The summed E-state index contributed by atoms with van der Waals surface area (Å²) in [5.74, 6) is -4.84. The number of aliphatic carboxylic acids is 2. The van der Waals surface area contributed by atoms with Crippen molar-refractivity contribution in [1.82, 2.24) is 16.0 Å². The predicted octanol–water partition coefficient (Wildman–Crippen LogP) is -0.651. The molecule has 0 aliphatic heterocycles. The van der Waals surface area contributed by atoms with Crippen molar-refractivity contribution < 1.29 is 34.2 Å².